The summed E-state index contributed by atoms with van der Waals surface area (Å²) in [6, 6.07) is 8.46. The molecule has 122 valence electrons. The maximum atomic E-state index is 13.1. The number of nitrogens with zero attached hydrogens (tertiary/aromatic N) is 2. The number of hydrogen-bond acceptors (Lipinski definition) is 2. The van der Waals surface area contributed by atoms with Crippen molar-refractivity contribution in [1.82, 2.24) is 14.8 Å². The maximum Gasteiger partial charge on any atom is 0.256 e. The molecule has 0 spiro atoms. The Morgan fingerprint density at radius 2 is 1.96 bits per heavy atom. The average Bonchev–Trinajstić information content (AvgIpc) is 2.83. The Kier molecular flexibility index (Phi) is 4.22. The summed E-state index contributed by atoms with van der Waals surface area (Å²) in [4.78, 5) is 14.8. The van der Waals surface area contributed by atoms with Crippen LogP contribution in [0.4, 0.5) is 4.39 Å². The van der Waals surface area contributed by atoms with E-state index in [1.807, 2.05) is 29.4 Å². The van der Waals surface area contributed by atoms with Crippen LogP contribution in [0.3, 0.4) is 0 Å². The van der Waals surface area contributed by atoms with E-state index < -0.39 is 0 Å². The molecule has 1 aliphatic rings. The smallest absolute Gasteiger partial charge is 0.256 e. The van der Waals surface area contributed by atoms with E-state index in [9.17, 15) is 9.18 Å². The van der Waals surface area contributed by atoms with Gasteiger partial charge >= 0.3 is 0 Å². The highest BCUT2D eigenvalue weighted by Gasteiger charge is 2.27. The molecule has 1 aromatic heterocycles. The third-order valence-corrected chi connectivity index (χ3v) is 4.51. The predicted octanol–water partition coefficient (Wildman–Crippen LogP) is 2.67. The topological polar surface area (TPSA) is 37.3 Å². The van der Waals surface area contributed by atoms with E-state index in [1.54, 1.807) is 12.1 Å². The second-order valence-electron chi connectivity index (χ2n) is 6.15. The lowest BCUT2D eigenvalue weighted by molar-refractivity contribution is 0.0655. The molecule has 3 rings (SSSR count). The number of carbonyl (C=O) groups excluding carboxylic acids is 1. The van der Waals surface area contributed by atoms with Crippen molar-refractivity contribution in [2.24, 2.45) is 0 Å². The second kappa shape index (κ2) is 6.16. The Balaban J connectivity index is 1.97. The molecule has 1 N–H and O–H groups in total. The Bertz CT molecular complexity index is 721. The molecule has 2 aromatic rings. The highest BCUT2D eigenvalue weighted by atomic mass is 19.1. The van der Waals surface area contributed by atoms with Crippen molar-refractivity contribution < 1.29 is 9.18 Å². The van der Waals surface area contributed by atoms with Gasteiger partial charge in [-0.3, -0.25) is 4.79 Å². The summed E-state index contributed by atoms with van der Waals surface area (Å²) in [7, 11) is 0. The van der Waals surface area contributed by atoms with Crippen molar-refractivity contribution in [3.8, 4) is 5.69 Å². The van der Waals surface area contributed by atoms with E-state index in [4.69, 9.17) is 0 Å². The molecule has 1 aliphatic heterocycles. The van der Waals surface area contributed by atoms with Gasteiger partial charge < -0.3 is 14.8 Å². The fourth-order valence-electron chi connectivity index (χ4n) is 3.26. The summed E-state index contributed by atoms with van der Waals surface area (Å²) in [6.07, 6.45) is 0. The molecule has 0 aliphatic carbocycles. The van der Waals surface area contributed by atoms with E-state index in [0.29, 0.717) is 0 Å². The van der Waals surface area contributed by atoms with Gasteiger partial charge in [-0.1, -0.05) is 0 Å². The van der Waals surface area contributed by atoms with Gasteiger partial charge in [-0.05, 0) is 51.1 Å². The molecule has 0 bridgehead atoms. The summed E-state index contributed by atoms with van der Waals surface area (Å²) >= 11 is 0. The molecule has 1 aromatic carbocycles. The van der Waals surface area contributed by atoms with Gasteiger partial charge in [0.25, 0.3) is 5.91 Å². The zero-order valence-corrected chi connectivity index (χ0v) is 13.8. The van der Waals surface area contributed by atoms with Gasteiger partial charge in [0.05, 0.1) is 5.56 Å². The van der Waals surface area contributed by atoms with Crippen molar-refractivity contribution >= 4 is 5.91 Å². The number of carbonyl (C=O) groups is 1. The largest absolute Gasteiger partial charge is 0.333 e. The summed E-state index contributed by atoms with van der Waals surface area (Å²) in [5, 5.41) is 3.30. The third-order valence-electron chi connectivity index (χ3n) is 4.51. The monoisotopic (exact) mass is 315 g/mol. The summed E-state index contributed by atoms with van der Waals surface area (Å²) in [6.45, 7) is 8.34. The molecule has 1 saturated heterocycles. The van der Waals surface area contributed by atoms with E-state index in [0.717, 1.165) is 42.3 Å². The van der Waals surface area contributed by atoms with E-state index in [1.165, 1.54) is 12.1 Å². The zero-order chi connectivity index (χ0) is 16.6. The van der Waals surface area contributed by atoms with Gasteiger partial charge in [0.1, 0.15) is 5.82 Å². The zero-order valence-electron chi connectivity index (χ0n) is 13.8. The van der Waals surface area contributed by atoms with Gasteiger partial charge in [-0.25, -0.2) is 4.39 Å². The lowest BCUT2D eigenvalue weighted by Crippen LogP contribution is -2.52. The number of nitrogens with one attached hydrogen (secondary N) is 1. The Morgan fingerprint density at radius 1 is 1.26 bits per heavy atom. The van der Waals surface area contributed by atoms with Crippen molar-refractivity contribution in [2.45, 2.75) is 26.8 Å². The van der Waals surface area contributed by atoms with Crippen LogP contribution in [-0.4, -0.2) is 41.1 Å². The summed E-state index contributed by atoms with van der Waals surface area (Å²) in [5.74, 6) is -0.192. The van der Waals surface area contributed by atoms with E-state index in [2.05, 4.69) is 12.2 Å². The van der Waals surface area contributed by atoms with Crippen LogP contribution in [0.15, 0.2) is 30.3 Å². The third kappa shape index (κ3) is 2.88. The number of halogens is 1. The highest BCUT2D eigenvalue weighted by Crippen LogP contribution is 2.23. The van der Waals surface area contributed by atoms with Crippen molar-refractivity contribution in [2.75, 3.05) is 19.6 Å². The molecule has 1 fully saturated rings. The maximum absolute atomic E-state index is 13.1. The molecule has 0 saturated carbocycles. The van der Waals surface area contributed by atoms with Gasteiger partial charge in [0, 0.05) is 42.8 Å². The van der Waals surface area contributed by atoms with Crippen LogP contribution in [0, 0.1) is 19.7 Å². The van der Waals surface area contributed by atoms with Crippen molar-refractivity contribution in [1.29, 1.82) is 0 Å². The van der Waals surface area contributed by atoms with E-state index in [-0.39, 0.29) is 17.8 Å². The van der Waals surface area contributed by atoms with Crippen molar-refractivity contribution in [3.05, 3.63) is 53.1 Å². The van der Waals surface area contributed by atoms with Gasteiger partial charge in [-0.2, -0.15) is 0 Å². The molecule has 0 unspecified atom stereocenters. The number of piperazine rings is 1. The number of hydrogen-bond donors (Lipinski definition) is 1. The lowest BCUT2D eigenvalue weighted by atomic mass is 10.1. The Morgan fingerprint density at radius 3 is 2.61 bits per heavy atom. The quantitative estimate of drug-likeness (QED) is 0.925. The fourth-order valence-corrected chi connectivity index (χ4v) is 3.26. The van der Waals surface area contributed by atoms with Crippen molar-refractivity contribution in [3.63, 3.8) is 0 Å². The van der Waals surface area contributed by atoms with Crippen LogP contribution >= 0.6 is 0 Å². The molecule has 1 atom stereocenters. The van der Waals surface area contributed by atoms with Crippen LogP contribution in [0.2, 0.25) is 0 Å². The van der Waals surface area contributed by atoms with Crippen LogP contribution in [0.1, 0.15) is 28.7 Å². The first-order chi connectivity index (χ1) is 11.0. The molecule has 23 heavy (non-hydrogen) atoms. The molecule has 4 nitrogen and oxygen atoms in total. The molecule has 0 radical (unpaired) electrons. The van der Waals surface area contributed by atoms with Gasteiger partial charge in [0.15, 0.2) is 0 Å². The highest BCUT2D eigenvalue weighted by molar-refractivity contribution is 5.96. The lowest BCUT2D eigenvalue weighted by Gasteiger charge is -2.34. The first-order valence-corrected chi connectivity index (χ1v) is 7.95. The van der Waals surface area contributed by atoms with E-state index >= 15 is 0 Å². The fraction of sp³-hybridized carbons (Fsp3) is 0.389. The number of amides is 1. The standard InChI is InChI=1S/C18H22FN3O/c1-12-10-17(18(23)21-9-8-20-11-13(21)2)14(3)22(12)16-6-4-15(19)5-7-16/h4-7,10,13,20H,8-9,11H2,1-3H3/t13-/m1/s1. The molecular weight excluding hydrogens is 293 g/mol. The number of aromatic nitrogens is 1. The molecule has 2 heterocycles. The molecule has 5 heteroatoms. The SMILES string of the molecule is Cc1cc(C(=O)N2CCNC[C@H]2C)c(C)n1-c1ccc(F)cc1. The first-order valence-electron chi connectivity index (χ1n) is 7.95. The van der Waals surface area contributed by atoms with Crippen LogP contribution in [0.25, 0.3) is 5.69 Å². The Hall–Kier alpha value is -2.14. The first kappa shape index (κ1) is 15.7. The van der Waals surface area contributed by atoms with Crippen LogP contribution < -0.4 is 5.32 Å². The molecule has 1 amide bonds. The average molecular weight is 315 g/mol. The number of rotatable bonds is 2. The summed E-state index contributed by atoms with van der Waals surface area (Å²) in [5.41, 5.74) is 3.46. The van der Waals surface area contributed by atoms with Crippen LogP contribution in [0.5, 0.6) is 0 Å². The normalized spacial score (nSPS) is 18.3. The van der Waals surface area contributed by atoms with Crippen LogP contribution in [-0.2, 0) is 0 Å². The Labute approximate surface area is 135 Å². The molecular formula is C18H22FN3O. The number of aryl methyl sites for hydroxylation is 1. The minimum atomic E-state index is -0.262. The second-order valence-corrected chi connectivity index (χ2v) is 6.15. The van der Waals surface area contributed by atoms with Gasteiger partial charge in [0.2, 0.25) is 0 Å². The van der Waals surface area contributed by atoms with Gasteiger partial charge in [-0.15, -0.1) is 0 Å². The predicted molar refractivity (Wildman–Crippen MR) is 88.6 cm³/mol. The number of benzene rings is 1. The minimum absolute atomic E-state index is 0.0699. The summed E-state index contributed by atoms with van der Waals surface area (Å²) < 4.78 is 15.1. The minimum Gasteiger partial charge on any atom is -0.333 e.